The van der Waals surface area contributed by atoms with E-state index in [1.807, 2.05) is 13.8 Å². The fraction of sp³-hybridized carbons (Fsp3) is 0.909. The maximum absolute atomic E-state index is 11.7. The topological polar surface area (TPSA) is 55.1 Å². The molecule has 0 heterocycles. The zero-order valence-corrected chi connectivity index (χ0v) is 11.1. The van der Waals surface area contributed by atoms with Gasteiger partial charge in [0.05, 0.1) is 6.04 Å². The normalized spacial score (nSPS) is 16.9. The van der Waals surface area contributed by atoms with Crippen LogP contribution in [0.4, 0.5) is 0 Å². The van der Waals surface area contributed by atoms with Crippen LogP contribution in [0, 0.1) is 5.92 Å². The molecule has 0 radical (unpaired) electrons. The van der Waals surface area contributed by atoms with E-state index in [-0.39, 0.29) is 23.9 Å². The first-order valence-corrected chi connectivity index (χ1v) is 6.97. The van der Waals surface area contributed by atoms with E-state index in [1.54, 1.807) is 11.8 Å². The third-order valence-electron chi connectivity index (χ3n) is 2.70. The van der Waals surface area contributed by atoms with Crippen molar-refractivity contribution < 1.29 is 4.79 Å². The number of rotatable bonds is 7. The molecule has 0 aliphatic rings. The Morgan fingerprint density at radius 3 is 2.53 bits per heavy atom. The summed E-state index contributed by atoms with van der Waals surface area (Å²) in [6.07, 6.45) is 4.01. The first-order chi connectivity index (χ1) is 7.02. The van der Waals surface area contributed by atoms with Gasteiger partial charge in [-0.2, -0.15) is 11.8 Å². The molecule has 0 aromatic carbocycles. The molecule has 3 atom stereocenters. The molecule has 1 amide bonds. The number of nitrogens with one attached hydrogen (secondary N) is 1. The van der Waals surface area contributed by atoms with Crippen molar-refractivity contribution >= 4 is 17.7 Å². The number of carbonyl (C=O) groups is 1. The van der Waals surface area contributed by atoms with Gasteiger partial charge in [-0.25, -0.2) is 0 Å². The summed E-state index contributed by atoms with van der Waals surface area (Å²) < 4.78 is 0. The molecule has 90 valence electrons. The zero-order valence-electron chi connectivity index (χ0n) is 10.2. The summed E-state index contributed by atoms with van der Waals surface area (Å²) >= 11 is 1.79. The number of hydrogen-bond donors (Lipinski definition) is 2. The molecule has 0 aromatic heterocycles. The highest BCUT2D eigenvalue weighted by molar-refractivity contribution is 7.98. The van der Waals surface area contributed by atoms with Crippen molar-refractivity contribution in [3.8, 4) is 0 Å². The van der Waals surface area contributed by atoms with Gasteiger partial charge >= 0.3 is 0 Å². The minimum Gasteiger partial charge on any atom is -0.352 e. The highest BCUT2D eigenvalue weighted by atomic mass is 32.2. The molecule has 0 aliphatic carbocycles. The van der Waals surface area contributed by atoms with Crippen LogP contribution in [0.5, 0.6) is 0 Å². The summed E-state index contributed by atoms with van der Waals surface area (Å²) in [5, 5.41) is 2.95. The van der Waals surface area contributed by atoms with Crippen LogP contribution in [-0.2, 0) is 4.79 Å². The molecule has 0 aliphatic heterocycles. The fourth-order valence-electron chi connectivity index (χ4n) is 1.22. The van der Waals surface area contributed by atoms with Crippen molar-refractivity contribution in [3.63, 3.8) is 0 Å². The van der Waals surface area contributed by atoms with Gasteiger partial charge in [0.25, 0.3) is 0 Å². The molecule has 0 saturated heterocycles. The maximum Gasteiger partial charge on any atom is 0.237 e. The van der Waals surface area contributed by atoms with E-state index in [9.17, 15) is 4.79 Å². The molecule has 4 heteroatoms. The van der Waals surface area contributed by atoms with Crippen LogP contribution >= 0.6 is 11.8 Å². The van der Waals surface area contributed by atoms with Gasteiger partial charge in [-0.3, -0.25) is 4.79 Å². The van der Waals surface area contributed by atoms with Crippen molar-refractivity contribution in [3.05, 3.63) is 0 Å². The Hall–Kier alpha value is -0.220. The first-order valence-electron chi connectivity index (χ1n) is 5.57. The predicted molar refractivity (Wildman–Crippen MR) is 68.0 cm³/mol. The number of hydrogen-bond acceptors (Lipinski definition) is 3. The Morgan fingerprint density at radius 2 is 2.07 bits per heavy atom. The molecule has 3 nitrogen and oxygen atoms in total. The van der Waals surface area contributed by atoms with Crippen LogP contribution in [0.3, 0.4) is 0 Å². The highest BCUT2D eigenvalue weighted by Gasteiger charge is 2.20. The van der Waals surface area contributed by atoms with E-state index in [1.165, 1.54) is 0 Å². The van der Waals surface area contributed by atoms with E-state index in [0.717, 1.165) is 18.6 Å². The molecule has 0 spiro atoms. The summed E-state index contributed by atoms with van der Waals surface area (Å²) in [6.45, 7) is 6.09. The Morgan fingerprint density at radius 1 is 1.47 bits per heavy atom. The minimum absolute atomic E-state index is 0.0158. The van der Waals surface area contributed by atoms with Crippen molar-refractivity contribution in [1.29, 1.82) is 0 Å². The number of carbonyl (C=O) groups excluding carboxylic acids is 1. The summed E-state index contributed by atoms with van der Waals surface area (Å²) in [6, 6.07) is -0.146. The maximum atomic E-state index is 11.7. The van der Waals surface area contributed by atoms with Crippen LogP contribution in [0.1, 0.15) is 33.6 Å². The van der Waals surface area contributed by atoms with E-state index in [4.69, 9.17) is 5.73 Å². The van der Waals surface area contributed by atoms with Gasteiger partial charge < -0.3 is 11.1 Å². The second-order valence-electron chi connectivity index (χ2n) is 4.10. The van der Waals surface area contributed by atoms with Gasteiger partial charge in [0.15, 0.2) is 0 Å². The van der Waals surface area contributed by atoms with Gasteiger partial charge in [0, 0.05) is 6.04 Å². The minimum atomic E-state index is -0.369. The summed E-state index contributed by atoms with van der Waals surface area (Å²) in [4.78, 5) is 11.7. The zero-order chi connectivity index (χ0) is 11.8. The average molecular weight is 232 g/mol. The van der Waals surface area contributed by atoms with Crippen LogP contribution in [0.2, 0.25) is 0 Å². The number of amides is 1. The molecule has 0 rings (SSSR count). The van der Waals surface area contributed by atoms with Crippen molar-refractivity contribution in [2.24, 2.45) is 11.7 Å². The highest BCUT2D eigenvalue weighted by Crippen LogP contribution is 2.06. The monoisotopic (exact) mass is 232 g/mol. The van der Waals surface area contributed by atoms with Crippen LogP contribution in [0.15, 0.2) is 0 Å². The Kier molecular flexibility index (Phi) is 7.88. The predicted octanol–water partition coefficient (Wildman–Crippen LogP) is 1.62. The van der Waals surface area contributed by atoms with E-state index >= 15 is 0 Å². The third-order valence-corrected chi connectivity index (χ3v) is 3.35. The SMILES string of the molecule is CCC(C)C(N)C(=O)NC(C)CCSC. The Balaban J connectivity index is 3.90. The molecule has 3 unspecified atom stereocenters. The summed E-state index contributed by atoms with van der Waals surface area (Å²) in [5.74, 6) is 1.30. The summed E-state index contributed by atoms with van der Waals surface area (Å²) in [7, 11) is 0. The van der Waals surface area contributed by atoms with Gasteiger partial charge in [-0.1, -0.05) is 20.3 Å². The van der Waals surface area contributed by atoms with Crippen molar-refractivity contribution in [1.82, 2.24) is 5.32 Å². The van der Waals surface area contributed by atoms with Crippen LogP contribution < -0.4 is 11.1 Å². The Labute approximate surface area is 97.6 Å². The molecule has 3 N–H and O–H groups in total. The fourth-order valence-corrected chi connectivity index (χ4v) is 1.81. The molecule has 0 aromatic rings. The first kappa shape index (κ1) is 14.8. The third kappa shape index (κ3) is 6.05. The quantitative estimate of drug-likeness (QED) is 0.701. The van der Waals surface area contributed by atoms with E-state index in [0.29, 0.717) is 0 Å². The van der Waals surface area contributed by atoms with Gasteiger partial charge in [0.1, 0.15) is 0 Å². The number of thioether (sulfide) groups is 1. The lowest BCUT2D eigenvalue weighted by atomic mass is 9.99. The van der Waals surface area contributed by atoms with Crippen LogP contribution in [0.25, 0.3) is 0 Å². The molecular weight excluding hydrogens is 208 g/mol. The largest absolute Gasteiger partial charge is 0.352 e. The number of nitrogens with two attached hydrogens (primary N) is 1. The molecule has 0 saturated carbocycles. The van der Waals surface area contributed by atoms with Gasteiger partial charge in [0.2, 0.25) is 5.91 Å². The van der Waals surface area contributed by atoms with E-state index in [2.05, 4.69) is 18.5 Å². The Bertz CT molecular complexity index is 187. The second-order valence-corrected chi connectivity index (χ2v) is 5.09. The molecular formula is C11H24N2OS. The lowest BCUT2D eigenvalue weighted by molar-refractivity contribution is -0.124. The van der Waals surface area contributed by atoms with Crippen molar-refractivity contribution in [2.75, 3.05) is 12.0 Å². The van der Waals surface area contributed by atoms with Gasteiger partial charge in [-0.05, 0) is 31.3 Å². The molecule has 0 fully saturated rings. The van der Waals surface area contributed by atoms with E-state index < -0.39 is 0 Å². The molecule has 15 heavy (non-hydrogen) atoms. The van der Waals surface area contributed by atoms with Crippen LogP contribution in [-0.4, -0.2) is 30.0 Å². The van der Waals surface area contributed by atoms with Gasteiger partial charge in [-0.15, -0.1) is 0 Å². The molecule has 0 bridgehead atoms. The van der Waals surface area contributed by atoms with Crippen molar-refractivity contribution in [2.45, 2.75) is 45.7 Å². The average Bonchev–Trinajstić information content (AvgIpc) is 2.23. The lowest BCUT2D eigenvalue weighted by Gasteiger charge is -2.20. The smallest absolute Gasteiger partial charge is 0.237 e. The lowest BCUT2D eigenvalue weighted by Crippen LogP contribution is -2.47. The summed E-state index contributed by atoms with van der Waals surface area (Å²) in [5.41, 5.74) is 5.83. The second kappa shape index (κ2) is 7.99. The standard InChI is InChI=1S/C11H24N2OS/c1-5-8(2)10(12)11(14)13-9(3)6-7-15-4/h8-10H,5-7,12H2,1-4H3,(H,13,14).